The minimum atomic E-state index is -1.01. The van der Waals surface area contributed by atoms with Gasteiger partial charge in [-0.25, -0.2) is 4.98 Å². The zero-order chi connectivity index (χ0) is 26.6. The number of aromatic nitrogens is 2. The molecule has 0 saturated carbocycles. The van der Waals surface area contributed by atoms with Gasteiger partial charge in [0.2, 0.25) is 5.91 Å². The van der Waals surface area contributed by atoms with Crippen LogP contribution in [-0.4, -0.2) is 43.4 Å². The van der Waals surface area contributed by atoms with Crippen molar-refractivity contribution in [1.29, 1.82) is 0 Å². The van der Waals surface area contributed by atoms with Crippen molar-refractivity contribution in [3.8, 4) is 22.4 Å². The van der Waals surface area contributed by atoms with Crippen LogP contribution in [0.1, 0.15) is 43.3 Å². The molecule has 4 aromatic rings. The molecule has 1 N–H and O–H groups in total. The smallest absolute Gasteiger partial charge is 0.227 e. The maximum Gasteiger partial charge on any atom is 0.227 e. The van der Waals surface area contributed by atoms with Crippen LogP contribution >= 0.6 is 0 Å². The van der Waals surface area contributed by atoms with Crippen LogP contribution in [0.25, 0.3) is 28.0 Å². The topological polar surface area (TPSA) is 72.1 Å². The third-order valence-corrected chi connectivity index (χ3v) is 8.74. The van der Waals surface area contributed by atoms with Crippen molar-refractivity contribution >= 4 is 22.7 Å². The van der Waals surface area contributed by atoms with E-state index in [4.69, 9.17) is 0 Å². The van der Waals surface area contributed by atoms with Gasteiger partial charge in [-0.15, -0.1) is 0 Å². The van der Waals surface area contributed by atoms with Gasteiger partial charge < -0.3 is 14.4 Å². The molecule has 0 bridgehead atoms. The summed E-state index contributed by atoms with van der Waals surface area (Å²) in [6.07, 6.45) is 6.63. The average Bonchev–Trinajstić information content (AvgIpc) is 3.62. The minimum Gasteiger partial charge on any atom is -0.616 e. The SMILES string of the molecule is C/C=C(\C)c1ccc(-c2ccc(-c3cnc([C@@H]4C[C@H]([S+](C)[O-])CN4C(=O)Cc4ccccc4)[nH]3)cc2)cc1. The minimum absolute atomic E-state index is 0.0343. The first-order chi connectivity index (χ1) is 18.4. The first-order valence-corrected chi connectivity index (χ1v) is 14.6. The quantitative estimate of drug-likeness (QED) is 0.284. The number of allylic oxidation sites excluding steroid dienone is 2. The van der Waals surface area contributed by atoms with Gasteiger partial charge in [-0.3, -0.25) is 4.79 Å². The van der Waals surface area contributed by atoms with Crippen LogP contribution in [0.2, 0.25) is 0 Å². The molecule has 1 fully saturated rings. The number of carbonyl (C=O) groups is 1. The van der Waals surface area contributed by atoms with Crippen molar-refractivity contribution in [3.05, 3.63) is 108 Å². The Morgan fingerprint density at radius 2 is 1.66 bits per heavy atom. The van der Waals surface area contributed by atoms with Crippen molar-refractivity contribution in [1.82, 2.24) is 14.9 Å². The second-order valence-electron chi connectivity index (χ2n) is 9.89. The Labute approximate surface area is 227 Å². The number of hydrogen-bond donors (Lipinski definition) is 1. The van der Waals surface area contributed by atoms with Gasteiger partial charge in [0.15, 0.2) is 0 Å². The molecule has 1 amide bonds. The number of likely N-dealkylation sites (tertiary alicyclic amines) is 1. The fourth-order valence-corrected chi connectivity index (χ4v) is 5.86. The monoisotopic (exact) mass is 523 g/mol. The number of amides is 1. The molecule has 1 saturated heterocycles. The molecule has 5 nitrogen and oxygen atoms in total. The van der Waals surface area contributed by atoms with E-state index < -0.39 is 11.2 Å². The van der Waals surface area contributed by atoms with Crippen LogP contribution in [0.5, 0.6) is 0 Å². The largest absolute Gasteiger partial charge is 0.616 e. The number of hydrogen-bond acceptors (Lipinski definition) is 3. The Morgan fingerprint density at radius 3 is 2.29 bits per heavy atom. The number of benzene rings is 3. The maximum atomic E-state index is 13.3. The van der Waals surface area contributed by atoms with Crippen molar-refractivity contribution in [2.75, 3.05) is 12.8 Å². The Hall–Kier alpha value is -3.61. The molecule has 3 atom stereocenters. The number of nitrogens with zero attached hydrogens (tertiary/aromatic N) is 2. The highest BCUT2D eigenvalue weighted by molar-refractivity contribution is 7.91. The number of nitrogens with one attached hydrogen (secondary N) is 1. The normalized spacial score (nSPS) is 18.5. The highest BCUT2D eigenvalue weighted by atomic mass is 32.2. The predicted octanol–water partition coefficient (Wildman–Crippen LogP) is 6.43. The lowest BCUT2D eigenvalue weighted by Gasteiger charge is -2.22. The second-order valence-corrected chi connectivity index (χ2v) is 11.6. The van der Waals surface area contributed by atoms with Crippen molar-refractivity contribution in [2.24, 2.45) is 0 Å². The van der Waals surface area contributed by atoms with Gasteiger partial charge in [-0.2, -0.15) is 0 Å². The molecule has 3 aromatic carbocycles. The molecule has 1 aliphatic rings. The zero-order valence-electron chi connectivity index (χ0n) is 22.1. The molecule has 2 heterocycles. The van der Waals surface area contributed by atoms with E-state index in [0.717, 1.165) is 28.2 Å². The average molecular weight is 524 g/mol. The van der Waals surface area contributed by atoms with E-state index >= 15 is 0 Å². The van der Waals surface area contributed by atoms with E-state index in [0.29, 0.717) is 19.4 Å². The lowest BCUT2D eigenvalue weighted by molar-refractivity contribution is -0.131. The molecule has 0 aliphatic carbocycles. The molecule has 1 unspecified atom stereocenters. The summed E-state index contributed by atoms with van der Waals surface area (Å²) < 4.78 is 12.3. The summed E-state index contributed by atoms with van der Waals surface area (Å²) in [5, 5.41) is -0.0597. The first-order valence-electron chi connectivity index (χ1n) is 13.0. The van der Waals surface area contributed by atoms with Crippen LogP contribution in [0, 0.1) is 0 Å². The fraction of sp³-hybridized carbons (Fsp3) is 0.250. The van der Waals surface area contributed by atoms with Crippen LogP contribution in [0.4, 0.5) is 0 Å². The van der Waals surface area contributed by atoms with Gasteiger partial charge in [0, 0.05) is 6.42 Å². The van der Waals surface area contributed by atoms with Gasteiger partial charge in [0.25, 0.3) is 0 Å². The summed E-state index contributed by atoms with van der Waals surface area (Å²) in [6, 6.07) is 26.6. The Bertz CT molecular complexity index is 1410. The Kier molecular flexibility index (Phi) is 7.82. The van der Waals surface area contributed by atoms with Crippen LogP contribution in [0.3, 0.4) is 0 Å². The van der Waals surface area contributed by atoms with Crippen LogP contribution in [0.15, 0.2) is 91.1 Å². The lowest BCUT2D eigenvalue weighted by atomic mass is 10.00. The Morgan fingerprint density at radius 1 is 1.03 bits per heavy atom. The predicted molar refractivity (Wildman–Crippen MR) is 156 cm³/mol. The third-order valence-electron chi connectivity index (χ3n) is 7.46. The fourth-order valence-electron chi connectivity index (χ4n) is 5.03. The maximum absolute atomic E-state index is 13.3. The molecule has 1 aliphatic heterocycles. The molecule has 0 radical (unpaired) electrons. The standard InChI is InChI=1S/C32H33N3O2S/c1-4-22(2)24-10-12-25(13-11-24)26-14-16-27(17-15-26)29-20-33-32(34-29)30-19-28(38(3)37)21-35(30)31(36)18-23-8-6-5-7-9-23/h4-17,20,28,30H,18-19,21H2,1-3H3,(H,33,34)/b22-4+/t28-,30-,38?/m0/s1. The van der Waals surface area contributed by atoms with Crippen molar-refractivity contribution < 1.29 is 9.35 Å². The van der Waals surface area contributed by atoms with Crippen molar-refractivity contribution in [2.45, 2.75) is 38.0 Å². The van der Waals surface area contributed by atoms with Gasteiger partial charge in [0.1, 0.15) is 11.1 Å². The highest BCUT2D eigenvalue weighted by Crippen LogP contribution is 2.35. The van der Waals surface area contributed by atoms with Crippen molar-refractivity contribution in [3.63, 3.8) is 0 Å². The molecule has 0 spiro atoms. The molecular weight excluding hydrogens is 490 g/mol. The van der Waals surface area contributed by atoms with E-state index in [9.17, 15) is 9.35 Å². The molecule has 6 heteroatoms. The highest BCUT2D eigenvalue weighted by Gasteiger charge is 2.41. The number of imidazole rings is 1. The summed E-state index contributed by atoms with van der Waals surface area (Å²) in [5.41, 5.74) is 7.73. The third kappa shape index (κ3) is 5.62. The van der Waals surface area contributed by atoms with E-state index in [1.54, 1.807) is 6.26 Å². The van der Waals surface area contributed by atoms with Crippen LogP contribution < -0.4 is 0 Å². The molecule has 1 aromatic heterocycles. The van der Waals surface area contributed by atoms with E-state index in [1.807, 2.05) is 41.4 Å². The van der Waals surface area contributed by atoms with E-state index in [2.05, 4.69) is 78.4 Å². The molecule has 38 heavy (non-hydrogen) atoms. The summed E-state index contributed by atoms with van der Waals surface area (Å²) >= 11 is -1.01. The lowest BCUT2D eigenvalue weighted by Crippen LogP contribution is -2.34. The summed E-state index contributed by atoms with van der Waals surface area (Å²) in [6.45, 7) is 4.66. The summed E-state index contributed by atoms with van der Waals surface area (Å²) in [4.78, 5) is 23.2. The molecule has 194 valence electrons. The van der Waals surface area contributed by atoms with Gasteiger partial charge in [-0.05, 0) is 47.2 Å². The number of H-pyrrole nitrogens is 1. The number of aromatic amines is 1. The number of rotatable bonds is 7. The summed E-state index contributed by atoms with van der Waals surface area (Å²) in [7, 11) is 0. The Balaban J connectivity index is 1.34. The van der Waals surface area contributed by atoms with Crippen LogP contribution in [-0.2, 0) is 22.4 Å². The van der Waals surface area contributed by atoms with Gasteiger partial charge in [0.05, 0.1) is 37.2 Å². The zero-order valence-corrected chi connectivity index (χ0v) is 22.9. The second kappa shape index (κ2) is 11.4. The van der Waals surface area contributed by atoms with E-state index in [1.165, 1.54) is 16.7 Å². The van der Waals surface area contributed by atoms with Gasteiger partial charge >= 0.3 is 0 Å². The molecule has 5 rings (SSSR count). The van der Waals surface area contributed by atoms with E-state index in [-0.39, 0.29) is 17.2 Å². The first kappa shape index (κ1) is 26.0. The van der Waals surface area contributed by atoms with Gasteiger partial charge in [-0.1, -0.05) is 96.1 Å². The number of carbonyl (C=O) groups excluding carboxylic acids is 1. The molecular formula is C32H33N3O2S. The summed E-state index contributed by atoms with van der Waals surface area (Å²) in [5.74, 6) is 0.778.